The Hall–Kier alpha value is -2.59. The molecule has 0 unspecified atom stereocenters. The van der Waals surface area contributed by atoms with Crippen LogP contribution in [0.4, 0.5) is 9.59 Å². The topological polar surface area (TPSA) is 103 Å². The molecule has 0 radical (unpaired) electrons. The van der Waals surface area contributed by atoms with Gasteiger partial charge in [-0.1, -0.05) is 51.1 Å². The Kier molecular flexibility index (Phi) is 12.5. The summed E-state index contributed by atoms with van der Waals surface area (Å²) in [5, 5.41) is 3.00. The SMILES string of the molecule is COC(=O)CCN(C(=O)OC(C)(C)C)[C@@H](C[C@@](C)(CO[Si](C)(C)C(C)(C)C)NC(=O)OC(C)(C)C)c1ccccc1. The van der Waals surface area contributed by atoms with E-state index in [1.807, 2.05) is 37.3 Å². The van der Waals surface area contributed by atoms with Crippen LogP contribution in [0.25, 0.3) is 0 Å². The van der Waals surface area contributed by atoms with Gasteiger partial charge in [0.25, 0.3) is 0 Å². The highest BCUT2D eigenvalue weighted by molar-refractivity contribution is 6.74. The van der Waals surface area contributed by atoms with Crippen molar-refractivity contribution < 1.29 is 33.0 Å². The van der Waals surface area contributed by atoms with Crippen molar-refractivity contribution in [3.05, 3.63) is 35.9 Å². The lowest BCUT2D eigenvalue weighted by Crippen LogP contribution is -2.56. The summed E-state index contributed by atoms with van der Waals surface area (Å²) in [5.41, 5.74) is -1.59. The zero-order chi connectivity index (χ0) is 31.9. The molecular weight excluding hydrogens is 540 g/mol. The smallest absolute Gasteiger partial charge is 0.410 e. The number of benzene rings is 1. The molecule has 0 aromatic heterocycles. The van der Waals surface area contributed by atoms with Gasteiger partial charge in [-0.25, -0.2) is 9.59 Å². The first-order valence-corrected chi connectivity index (χ1v) is 17.2. The largest absolute Gasteiger partial charge is 0.469 e. The van der Waals surface area contributed by atoms with Crippen molar-refractivity contribution in [3.63, 3.8) is 0 Å². The van der Waals surface area contributed by atoms with Gasteiger partial charge in [0.2, 0.25) is 0 Å². The van der Waals surface area contributed by atoms with Crippen LogP contribution in [-0.4, -0.2) is 68.4 Å². The van der Waals surface area contributed by atoms with E-state index in [9.17, 15) is 14.4 Å². The van der Waals surface area contributed by atoms with Crippen molar-refractivity contribution in [2.24, 2.45) is 0 Å². The van der Waals surface area contributed by atoms with Crippen LogP contribution in [0.3, 0.4) is 0 Å². The van der Waals surface area contributed by atoms with E-state index in [1.54, 1.807) is 46.4 Å². The fraction of sp³-hybridized carbons (Fsp3) is 0.710. The second-order valence-electron chi connectivity index (χ2n) is 14.4. The Labute approximate surface area is 248 Å². The molecule has 0 aliphatic rings. The summed E-state index contributed by atoms with van der Waals surface area (Å²) >= 11 is 0. The Balaban J connectivity index is 3.63. The average molecular weight is 595 g/mol. The van der Waals surface area contributed by atoms with Crippen molar-refractivity contribution in [1.82, 2.24) is 10.2 Å². The Bertz CT molecular complexity index is 1010. The monoisotopic (exact) mass is 594 g/mol. The van der Waals surface area contributed by atoms with E-state index in [0.717, 1.165) is 5.56 Å². The molecule has 1 aromatic rings. The van der Waals surface area contributed by atoms with Gasteiger partial charge in [0, 0.05) is 6.54 Å². The van der Waals surface area contributed by atoms with E-state index in [4.69, 9.17) is 18.6 Å². The van der Waals surface area contributed by atoms with Gasteiger partial charge in [0.05, 0.1) is 31.7 Å². The third-order valence-electron chi connectivity index (χ3n) is 6.98. The van der Waals surface area contributed by atoms with Gasteiger partial charge >= 0.3 is 18.2 Å². The van der Waals surface area contributed by atoms with Crippen LogP contribution in [-0.2, 0) is 23.4 Å². The number of ether oxygens (including phenoxy) is 3. The molecule has 0 saturated carbocycles. The lowest BCUT2D eigenvalue weighted by Gasteiger charge is -2.43. The van der Waals surface area contributed by atoms with Crippen LogP contribution < -0.4 is 5.32 Å². The molecule has 10 heteroatoms. The number of amides is 2. The van der Waals surface area contributed by atoms with E-state index in [1.165, 1.54) is 7.11 Å². The quantitative estimate of drug-likeness (QED) is 0.164. The molecule has 1 N–H and O–H groups in total. The molecule has 9 nitrogen and oxygen atoms in total. The minimum absolute atomic E-state index is 0.0181. The summed E-state index contributed by atoms with van der Waals surface area (Å²) in [6.45, 7) is 23.7. The van der Waals surface area contributed by atoms with Crippen LogP contribution in [0.5, 0.6) is 0 Å². The summed E-state index contributed by atoms with van der Waals surface area (Å²) < 4.78 is 22.9. The first-order valence-electron chi connectivity index (χ1n) is 14.3. The number of esters is 1. The van der Waals surface area contributed by atoms with Crippen LogP contribution >= 0.6 is 0 Å². The minimum atomic E-state index is -2.22. The first kappa shape index (κ1) is 36.4. The maximum absolute atomic E-state index is 13.6. The van der Waals surface area contributed by atoms with E-state index in [-0.39, 0.29) is 31.0 Å². The molecule has 0 saturated heterocycles. The molecule has 41 heavy (non-hydrogen) atoms. The third kappa shape index (κ3) is 12.9. The molecule has 0 fully saturated rings. The van der Waals surface area contributed by atoms with Gasteiger partial charge in [0.1, 0.15) is 11.2 Å². The molecule has 2 amide bonds. The fourth-order valence-corrected chi connectivity index (χ4v) is 4.88. The highest BCUT2D eigenvalue weighted by atomic mass is 28.4. The molecule has 0 aliphatic carbocycles. The molecule has 0 spiro atoms. The van der Waals surface area contributed by atoms with E-state index in [2.05, 4.69) is 39.2 Å². The molecule has 0 aliphatic heterocycles. The van der Waals surface area contributed by atoms with Crippen LogP contribution in [0.2, 0.25) is 18.1 Å². The summed E-state index contributed by atoms with van der Waals surface area (Å²) in [5.74, 6) is -0.443. The normalized spacial score (nSPS) is 14.9. The molecule has 0 bridgehead atoms. The molecule has 1 aromatic carbocycles. The van der Waals surface area contributed by atoms with E-state index < -0.39 is 49.3 Å². The summed E-state index contributed by atoms with van der Waals surface area (Å²) in [6.07, 6.45) is -0.898. The molecule has 0 heterocycles. The predicted molar refractivity (Wildman–Crippen MR) is 164 cm³/mol. The second-order valence-corrected chi connectivity index (χ2v) is 19.2. The highest BCUT2D eigenvalue weighted by Crippen LogP contribution is 2.38. The molecular formula is C31H54N2O7Si. The van der Waals surface area contributed by atoms with Crippen molar-refractivity contribution >= 4 is 26.5 Å². The first-order chi connectivity index (χ1) is 18.5. The maximum atomic E-state index is 13.6. The lowest BCUT2D eigenvalue weighted by molar-refractivity contribution is -0.141. The van der Waals surface area contributed by atoms with Crippen LogP contribution in [0.15, 0.2) is 30.3 Å². The van der Waals surface area contributed by atoms with Crippen molar-refractivity contribution in [2.45, 2.75) is 123 Å². The standard InChI is InChI=1S/C31H54N2O7Si/c1-28(2,3)39-26(35)32-31(10,22-38-41(12,13)30(7,8)9)21-24(23-17-15-14-16-18-23)33(20-19-25(34)37-11)27(36)40-29(4,5)6/h14-18,24H,19-22H2,1-13H3,(H,32,35)/t24-,31-/m0/s1. The zero-order valence-corrected chi connectivity index (χ0v) is 28.6. The number of alkyl carbamates (subject to hydrolysis) is 1. The van der Waals surface area contributed by atoms with Gasteiger partial charge in [-0.05, 0) is 78.6 Å². The zero-order valence-electron chi connectivity index (χ0n) is 27.6. The Morgan fingerprint density at radius 3 is 1.88 bits per heavy atom. The second kappa shape index (κ2) is 14.0. The van der Waals surface area contributed by atoms with E-state index in [0.29, 0.717) is 0 Å². The van der Waals surface area contributed by atoms with Gasteiger partial charge in [-0.3, -0.25) is 4.79 Å². The molecule has 234 valence electrons. The van der Waals surface area contributed by atoms with Gasteiger partial charge in [-0.15, -0.1) is 0 Å². The van der Waals surface area contributed by atoms with Crippen molar-refractivity contribution in [2.75, 3.05) is 20.3 Å². The number of nitrogens with zero attached hydrogens (tertiary/aromatic N) is 1. The Morgan fingerprint density at radius 2 is 1.41 bits per heavy atom. The van der Waals surface area contributed by atoms with Gasteiger partial charge < -0.3 is 28.9 Å². The van der Waals surface area contributed by atoms with Crippen molar-refractivity contribution in [3.8, 4) is 0 Å². The number of carbonyl (C=O) groups excluding carboxylic acids is 3. The Morgan fingerprint density at radius 1 is 0.878 bits per heavy atom. The highest BCUT2D eigenvalue weighted by Gasteiger charge is 2.42. The van der Waals surface area contributed by atoms with Crippen molar-refractivity contribution in [1.29, 1.82) is 0 Å². The van der Waals surface area contributed by atoms with Gasteiger partial charge in [-0.2, -0.15) is 0 Å². The number of nitrogens with one attached hydrogen (secondary N) is 1. The fourth-order valence-electron chi connectivity index (χ4n) is 3.77. The number of carbonyl (C=O) groups is 3. The summed E-state index contributed by atoms with van der Waals surface area (Å²) in [6, 6.07) is 8.94. The average Bonchev–Trinajstić information content (AvgIpc) is 2.79. The molecule has 1 rings (SSSR count). The number of hydrogen-bond donors (Lipinski definition) is 1. The van der Waals surface area contributed by atoms with Crippen LogP contribution in [0, 0.1) is 0 Å². The van der Waals surface area contributed by atoms with Crippen LogP contribution in [0.1, 0.15) is 93.7 Å². The third-order valence-corrected chi connectivity index (χ3v) is 11.5. The molecule has 2 atom stereocenters. The van der Waals surface area contributed by atoms with E-state index >= 15 is 0 Å². The minimum Gasteiger partial charge on any atom is -0.469 e. The number of hydrogen-bond acceptors (Lipinski definition) is 7. The van der Waals surface area contributed by atoms with Gasteiger partial charge in [0.15, 0.2) is 8.32 Å². The number of methoxy groups -OCH3 is 1. The lowest BCUT2D eigenvalue weighted by atomic mass is 9.89. The summed E-state index contributed by atoms with van der Waals surface area (Å²) in [4.78, 5) is 40.5. The predicted octanol–water partition coefficient (Wildman–Crippen LogP) is 7.22. The number of rotatable bonds is 11. The summed E-state index contributed by atoms with van der Waals surface area (Å²) in [7, 11) is -0.903. The maximum Gasteiger partial charge on any atom is 0.410 e.